The van der Waals surface area contributed by atoms with E-state index in [1.165, 1.54) is 0 Å². The molecule has 4 amide bonds. The lowest BCUT2D eigenvalue weighted by atomic mass is 10.0. The predicted octanol–water partition coefficient (Wildman–Crippen LogP) is 1.11. The van der Waals surface area contributed by atoms with E-state index in [9.17, 15) is 28.8 Å². The molecule has 2 aromatic rings. The first-order valence-corrected chi connectivity index (χ1v) is 22.1. The van der Waals surface area contributed by atoms with Crippen molar-refractivity contribution in [3.8, 4) is 0 Å². The standard InChI is InChI=1S/C45H63N3O18/c49-39-10-9-38(42(51)47-39)48-43(52)36-7-4-8-37(40(36)44(48)53)46-11-12-55-13-14-56-15-16-57-17-18-58-19-20-59-21-22-60-23-24-61-25-26-62-27-28-63-29-30-64-31-32-65-33-34-66-45(54)41(50)35-5-2-1-3-6-35/h1-8,38,46H,9-34H2,(H,47,49,51). The van der Waals surface area contributed by atoms with Gasteiger partial charge in [-0.15, -0.1) is 0 Å². The molecule has 2 aliphatic rings. The van der Waals surface area contributed by atoms with Crippen molar-refractivity contribution in [2.24, 2.45) is 0 Å². The van der Waals surface area contributed by atoms with Crippen LogP contribution in [0.1, 0.15) is 43.9 Å². The maximum atomic E-state index is 13.2. The number of anilines is 1. The number of carbonyl (C=O) groups is 6. The van der Waals surface area contributed by atoms with E-state index in [2.05, 4.69) is 10.6 Å². The summed E-state index contributed by atoms with van der Waals surface area (Å²) in [7, 11) is 0. The maximum absolute atomic E-state index is 13.2. The van der Waals surface area contributed by atoms with E-state index >= 15 is 0 Å². The zero-order valence-corrected chi connectivity index (χ0v) is 37.4. The minimum Gasteiger partial charge on any atom is -0.457 e. The van der Waals surface area contributed by atoms with Gasteiger partial charge in [-0.2, -0.15) is 0 Å². The molecule has 1 unspecified atom stereocenters. The van der Waals surface area contributed by atoms with E-state index < -0.39 is 41.4 Å². The second-order valence-electron chi connectivity index (χ2n) is 14.2. The number of carbonyl (C=O) groups excluding carboxylic acids is 6. The number of amides is 4. The number of benzene rings is 2. The first-order chi connectivity index (χ1) is 32.4. The first kappa shape index (κ1) is 53.8. The molecular formula is C45H63N3O18. The molecule has 2 aromatic carbocycles. The highest BCUT2D eigenvalue weighted by molar-refractivity contribution is 6.40. The topological polar surface area (TPSA) is 240 Å². The van der Waals surface area contributed by atoms with Gasteiger partial charge in [0.15, 0.2) is 0 Å². The third kappa shape index (κ3) is 20.8. The van der Waals surface area contributed by atoms with Crippen molar-refractivity contribution in [1.29, 1.82) is 0 Å². The normalized spacial score (nSPS) is 14.7. The van der Waals surface area contributed by atoms with Gasteiger partial charge in [-0.3, -0.25) is 34.2 Å². The Bertz CT molecular complexity index is 1750. The highest BCUT2D eigenvalue weighted by Gasteiger charge is 2.45. The van der Waals surface area contributed by atoms with Crippen molar-refractivity contribution in [3.05, 3.63) is 65.2 Å². The Balaban J connectivity index is 0.795. The van der Waals surface area contributed by atoms with Crippen LogP contribution < -0.4 is 10.6 Å². The zero-order valence-electron chi connectivity index (χ0n) is 37.4. The number of hydrogen-bond donors (Lipinski definition) is 2. The number of hydrogen-bond acceptors (Lipinski definition) is 19. The Morgan fingerprint density at radius 2 is 0.939 bits per heavy atom. The van der Waals surface area contributed by atoms with E-state index in [1.54, 1.807) is 48.5 Å². The van der Waals surface area contributed by atoms with Gasteiger partial charge in [-0.1, -0.05) is 36.4 Å². The van der Waals surface area contributed by atoms with Crippen LogP contribution in [0.25, 0.3) is 0 Å². The van der Waals surface area contributed by atoms with Crippen LogP contribution in [0, 0.1) is 0 Å². The molecule has 366 valence electrons. The highest BCUT2D eigenvalue weighted by Crippen LogP contribution is 2.32. The number of ether oxygens (including phenoxy) is 12. The third-order valence-electron chi connectivity index (χ3n) is 9.43. The lowest BCUT2D eigenvalue weighted by molar-refractivity contribution is -0.140. The van der Waals surface area contributed by atoms with Crippen molar-refractivity contribution >= 4 is 41.1 Å². The minimum atomic E-state index is -1.02. The monoisotopic (exact) mass is 933 g/mol. The average Bonchev–Trinajstić information content (AvgIpc) is 3.58. The molecule has 1 saturated heterocycles. The summed E-state index contributed by atoms with van der Waals surface area (Å²) in [6, 6.07) is 12.1. The fraction of sp³-hybridized carbons (Fsp3) is 0.600. The van der Waals surface area contributed by atoms with Crippen LogP contribution in [-0.4, -0.2) is 205 Å². The molecule has 21 heteroatoms. The SMILES string of the molecule is O=C1CCC(N2C(=O)c3cccc(NCCOCCOCCOCCOCCOCCOCCOCCOCCOCCOCCOCCOC(=O)C(=O)c4ccccc4)c3C2=O)C(=O)N1. The lowest BCUT2D eigenvalue weighted by Crippen LogP contribution is -2.54. The highest BCUT2D eigenvalue weighted by atomic mass is 16.6. The molecule has 1 fully saturated rings. The molecule has 66 heavy (non-hydrogen) atoms. The van der Waals surface area contributed by atoms with Gasteiger partial charge >= 0.3 is 5.97 Å². The van der Waals surface area contributed by atoms with Crippen LogP contribution in [0.3, 0.4) is 0 Å². The summed E-state index contributed by atoms with van der Waals surface area (Å²) in [6.07, 6.45) is 0.155. The maximum Gasteiger partial charge on any atom is 0.379 e. The molecule has 2 heterocycles. The van der Waals surface area contributed by atoms with Crippen molar-refractivity contribution in [3.63, 3.8) is 0 Å². The molecule has 0 saturated carbocycles. The number of esters is 1. The Labute approximate surface area is 384 Å². The summed E-state index contributed by atoms with van der Waals surface area (Å²) in [6.45, 7) is 9.22. The van der Waals surface area contributed by atoms with Crippen molar-refractivity contribution in [2.45, 2.75) is 18.9 Å². The molecule has 0 spiro atoms. The summed E-state index contributed by atoms with van der Waals surface area (Å²) in [5.41, 5.74) is 1.17. The molecule has 4 rings (SSSR count). The summed E-state index contributed by atoms with van der Waals surface area (Å²) in [5, 5.41) is 5.33. The van der Waals surface area contributed by atoms with Crippen LogP contribution in [-0.2, 0) is 71.2 Å². The molecule has 0 bridgehead atoms. The van der Waals surface area contributed by atoms with E-state index in [4.69, 9.17) is 56.8 Å². The number of rotatable bonds is 40. The lowest BCUT2D eigenvalue weighted by Gasteiger charge is -2.27. The molecular weight excluding hydrogens is 870 g/mol. The van der Waals surface area contributed by atoms with E-state index in [1.807, 2.05) is 0 Å². The molecule has 0 aromatic heterocycles. The number of imide groups is 2. The molecule has 1 atom stereocenters. The Hall–Kier alpha value is -4.78. The van der Waals surface area contributed by atoms with Gasteiger partial charge in [0.2, 0.25) is 11.8 Å². The quantitative estimate of drug-likeness (QED) is 0.0313. The first-order valence-electron chi connectivity index (χ1n) is 22.1. The fourth-order valence-electron chi connectivity index (χ4n) is 6.19. The van der Waals surface area contributed by atoms with E-state index in [-0.39, 0.29) is 42.7 Å². The van der Waals surface area contributed by atoms with Crippen molar-refractivity contribution in [1.82, 2.24) is 10.2 Å². The van der Waals surface area contributed by atoms with Crippen molar-refractivity contribution < 1.29 is 85.6 Å². The van der Waals surface area contributed by atoms with Gasteiger partial charge in [0.25, 0.3) is 17.6 Å². The van der Waals surface area contributed by atoms with Crippen molar-refractivity contribution in [2.75, 3.05) is 164 Å². The number of ketones is 1. The summed E-state index contributed by atoms with van der Waals surface area (Å²) in [5.74, 6) is -3.79. The molecule has 21 nitrogen and oxygen atoms in total. The Morgan fingerprint density at radius 1 is 0.515 bits per heavy atom. The summed E-state index contributed by atoms with van der Waals surface area (Å²) < 4.78 is 65.2. The second-order valence-corrected chi connectivity index (χ2v) is 14.2. The van der Waals surface area contributed by atoms with Gasteiger partial charge in [0.1, 0.15) is 12.6 Å². The number of nitrogens with one attached hydrogen (secondary N) is 2. The van der Waals surface area contributed by atoms with Gasteiger partial charge in [-0.05, 0) is 18.6 Å². The predicted molar refractivity (Wildman–Crippen MR) is 232 cm³/mol. The number of piperidine rings is 1. The van der Waals surface area contributed by atoms with Crippen LogP contribution in [0.4, 0.5) is 5.69 Å². The van der Waals surface area contributed by atoms with Crippen LogP contribution in [0.5, 0.6) is 0 Å². The number of Topliss-reactive ketones (excluding diaryl/α,β-unsaturated/α-hetero) is 1. The molecule has 0 radical (unpaired) electrons. The molecule has 0 aliphatic carbocycles. The fourth-order valence-corrected chi connectivity index (χ4v) is 6.19. The smallest absolute Gasteiger partial charge is 0.379 e. The Morgan fingerprint density at radius 3 is 1.38 bits per heavy atom. The van der Waals surface area contributed by atoms with Crippen LogP contribution >= 0.6 is 0 Å². The van der Waals surface area contributed by atoms with Gasteiger partial charge < -0.3 is 62.2 Å². The van der Waals surface area contributed by atoms with Gasteiger partial charge in [-0.25, -0.2) is 4.79 Å². The van der Waals surface area contributed by atoms with Crippen LogP contribution in [0.15, 0.2) is 48.5 Å². The minimum absolute atomic E-state index is 0.0172. The summed E-state index contributed by atoms with van der Waals surface area (Å²) in [4.78, 5) is 74.6. The zero-order chi connectivity index (χ0) is 46.9. The second kappa shape index (κ2) is 33.7. The van der Waals surface area contributed by atoms with Gasteiger partial charge in [0.05, 0.1) is 156 Å². The van der Waals surface area contributed by atoms with Crippen LogP contribution in [0.2, 0.25) is 0 Å². The van der Waals surface area contributed by atoms with Gasteiger partial charge in [0, 0.05) is 24.2 Å². The molecule has 2 aliphatic heterocycles. The summed E-state index contributed by atoms with van der Waals surface area (Å²) >= 11 is 0. The number of fused-ring (bicyclic) bond motifs is 1. The largest absolute Gasteiger partial charge is 0.457 e. The number of nitrogens with zero attached hydrogens (tertiary/aromatic N) is 1. The van der Waals surface area contributed by atoms with E-state index in [0.29, 0.717) is 151 Å². The van der Waals surface area contributed by atoms with E-state index in [0.717, 1.165) is 4.90 Å². The third-order valence-corrected chi connectivity index (χ3v) is 9.43. The molecule has 2 N–H and O–H groups in total. The average molecular weight is 934 g/mol. The Kier molecular flexibility index (Phi) is 27.4.